The maximum absolute atomic E-state index is 12.4. The molecule has 1 fully saturated rings. The van der Waals surface area contributed by atoms with Crippen molar-refractivity contribution in [3.8, 4) is 0 Å². The van der Waals surface area contributed by atoms with Crippen molar-refractivity contribution in [2.45, 2.75) is 12.0 Å². The summed E-state index contributed by atoms with van der Waals surface area (Å²) in [6.07, 6.45) is 2.32. The van der Waals surface area contributed by atoms with Crippen LogP contribution in [0.1, 0.15) is 16.8 Å². The minimum atomic E-state index is -0.865. The van der Waals surface area contributed by atoms with Crippen molar-refractivity contribution < 1.29 is 9.53 Å². The molecule has 4 nitrogen and oxygen atoms in total. The Morgan fingerprint density at radius 3 is 3.06 bits per heavy atom. The molecule has 0 bridgehead atoms. The zero-order chi connectivity index (χ0) is 12.6. The first-order chi connectivity index (χ1) is 8.69. The molecule has 2 aromatic rings. The first-order valence-electron chi connectivity index (χ1n) is 5.95. The molecule has 0 amide bonds. The minimum absolute atomic E-state index is 0.0502. The second-order valence-corrected chi connectivity index (χ2v) is 4.70. The average Bonchev–Trinajstić information content (AvgIpc) is 2.85. The number of rotatable bonds is 2. The number of pyridine rings is 1. The van der Waals surface area contributed by atoms with Crippen LogP contribution < -0.4 is 5.73 Å². The van der Waals surface area contributed by atoms with Crippen LogP contribution in [-0.4, -0.2) is 29.5 Å². The predicted molar refractivity (Wildman–Crippen MR) is 68.4 cm³/mol. The van der Waals surface area contributed by atoms with Gasteiger partial charge in [0.1, 0.15) is 5.54 Å². The van der Waals surface area contributed by atoms with Crippen LogP contribution in [0, 0.1) is 0 Å². The number of nitrogens with zero attached hydrogens (tertiary/aromatic N) is 1. The lowest BCUT2D eigenvalue weighted by molar-refractivity contribution is 0.0863. The Kier molecular flexibility index (Phi) is 2.61. The lowest BCUT2D eigenvalue weighted by Gasteiger charge is -2.20. The van der Waals surface area contributed by atoms with E-state index in [0.717, 1.165) is 10.9 Å². The Bertz CT molecular complexity index is 604. The van der Waals surface area contributed by atoms with Crippen LogP contribution in [0.5, 0.6) is 0 Å². The topological polar surface area (TPSA) is 65.2 Å². The molecule has 2 N–H and O–H groups in total. The molecule has 1 saturated heterocycles. The monoisotopic (exact) mass is 242 g/mol. The van der Waals surface area contributed by atoms with E-state index in [-0.39, 0.29) is 5.78 Å². The Hall–Kier alpha value is -1.78. The summed E-state index contributed by atoms with van der Waals surface area (Å²) in [5, 5.41) is 0.950. The molecule has 1 unspecified atom stereocenters. The van der Waals surface area contributed by atoms with Crippen molar-refractivity contribution in [1.82, 2.24) is 4.98 Å². The second-order valence-electron chi connectivity index (χ2n) is 4.70. The molecule has 0 spiro atoms. The number of benzene rings is 1. The van der Waals surface area contributed by atoms with Crippen molar-refractivity contribution in [2.75, 3.05) is 13.2 Å². The molecule has 2 heterocycles. The fourth-order valence-corrected chi connectivity index (χ4v) is 2.26. The van der Waals surface area contributed by atoms with Gasteiger partial charge in [-0.3, -0.25) is 9.78 Å². The van der Waals surface area contributed by atoms with Crippen LogP contribution in [-0.2, 0) is 4.74 Å². The highest BCUT2D eigenvalue weighted by molar-refractivity contribution is 6.05. The van der Waals surface area contributed by atoms with Gasteiger partial charge < -0.3 is 10.5 Å². The Balaban J connectivity index is 2.01. The molecule has 4 heteroatoms. The van der Waals surface area contributed by atoms with E-state index in [1.165, 1.54) is 0 Å². The quantitative estimate of drug-likeness (QED) is 0.811. The van der Waals surface area contributed by atoms with E-state index >= 15 is 0 Å². The largest absolute Gasteiger partial charge is 0.379 e. The molecule has 1 atom stereocenters. The molecule has 92 valence electrons. The van der Waals surface area contributed by atoms with Crippen molar-refractivity contribution in [2.24, 2.45) is 5.73 Å². The zero-order valence-corrected chi connectivity index (χ0v) is 9.93. The molecule has 0 aliphatic carbocycles. The van der Waals surface area contributed by atoms with Gasteiger partial charge in [-0.1, -0.05) is 6.07 Å². The van der Waals surface area contributed by atoms with E-state index < -0.39 is 5.54 Å². The van der Waals surface area contributed by atoms with E-state index in [1.807, 2.05) is 24.3 Å². The Morgan fingerprint density at radius 1 is 1.39 bits per heavy atom. The summed E-state index contributed by atoms with van der Waals surface area (Å²) in [6, 6.07) is 9.27. The first kappa shape index (κ1) is 11.3. The fourth-order valence-electron chi connectivity index (χ4n) is 2.26. The van der Waals surface area contributed by atoms with Gasteiger partial charge in [0.2, 0.25) is 0 Å². The van der Waals surface area contributed by atoms with Gasteiger partial charge in [0, 0.05) is 23.8 Å². The number of ether oxygens (including phenoxy) is 1. The van der Waals surface area contributed by atoms with Crippen molar-refractivity contribution in [3.63, 3.8) is 0 Å². The third-order valence-corrected chi connectivity index (χ3v) is 3.37. The smallest absolute Gasteiger partial charge is 0.185 e. The molecular formula is C14H14N2O2. The number of nitrogens with two attached hydrogens (primary N) is 1. The fraction of sp³-hybridized carbons (Fsp3) is 0.286. The van der Waals surface area contributed by atoms with Crippen LogP contribution in [0.3, 0.4) is 0 Å². The maximum Gasteiger partial charge on any atom is 0.185 e. The van der Waals surface area contributed by atoms with Crippen LogP contribution >= 0.6 is 0 Å². The van der Waals surface area contributed by atoms with E-state index in [0.29, 0.717) is 25.2 Å². The Labute approximate surface area is 105 Å². The summed E-state index contributed by atoms with van der Waals surface area (Å²) >= 11 is 0. The average molecular weight is 242 g/mol. The van der Waals surface area contributed by atoms with Gasteiger partial charge in [0.05, 0.1) is 12.1 Å². The number of hydrogen-bond acceptors (Lipinski definition) is 4. The SMILES string of the molecule is NC1(C(=O)c2ccc3ncccc3c2)CCOC1. The molecule has 1 aliphatic heterocycles. The summed E-state index contributed by atoms with van der Waals surface area (Å²) in [6.45, 7) is 0.855. The predicted octanol–water partition coefficient (Wildman–Crippen LogP) is 1.54. The van der Waals surface area contributed by atoms with Gasteiger partial charge in [-0.2, -0.15) is 0 Å². The standard InChI is InChI=1S/C14H14N2O2/c15-14(5-7-18-9-14)13(17)11-3-4-12-10(8-11)2-1-6-16-12/h1-4,6,8H,5,7,9,15H2. The van der Waals surface area contributed by atoms with Crippen LogP contribution in [0.2, 0.25) is 0 Å². The third kappa shape index (κ3) is 1.79. The number of hydrogen-bond donors (Lipinski definition) is 1. The van der Waals surface area contributed by atoms with E-state index in [4.69, 9.17) is 10.5 Å². The number of carbonyl (C=O) groups is 1. The first-order valence-corrected chi connectivity index (χ1v) is 5.95. The van der Waals surface area contributed by atoms with Gasteiger partial charge in [0.25, 0.3) is 0 Å². The number of aromatic nitrogens is 1. The van der Waals surface area contributed by atoms with Gasteiger partial charge in [-0.25, -0.2) is 0 Å². The van der Waals surface area contributed by atoms with E-state index in [9.17, 15) is 4.79 Å². The summed E-state index contributed by atoms with van der Waals surface area (Å²) in [5.74, 6) is -0.0502. The summed E-state index contributed by atoms with van der Waals surface area (Å²) in [7, 11) is 0. The summed E-state index contributed by atoms with van der Waals surface area (Å²) in [5.41, 5.74) is 6.73. The minimum Gasteiger partial charge on any atom is -0.379 e. The van der Waals surface area contributed by atoms with Crippen molar-refractivity contribution in [3.05, 3.63) is 42.1 Å². The highest BCUT2D eigenvalue weighted by Gasteiger charge is 2.38. The molecule has 3 rings (SSSR count). The third-order valence-electron chi connectivity index (χ3n) is 3.37. The maximum atomic E-state index is 12.4. The lowest BCUT2D eigenvalue weighted by atomic mass is 9.89. The van der Waals surface area contributed by atoms with Crippen molar-refractivity contribution in [1.29, 1.82) is 0 Å². The molecule has 0 saturated carbocycles. The van der Waals surface area contributed by atoms with Gasteiger partial charge in [-0.05, 0) is 30.7 Å². The number of ketones is 1. The lowest BCUT2D eigenvalue weighted by Crippen LogP contribution is -2.48. The molecule has 1 aromatic carbocycles. The van der Waals surface area contributed by atoms with Gasteiger partial charge >= 0.3 is 0 Å². The molecular weight excluding hydrogens is 228 g/mol. The van der Waals surface area contributed by atoms with Gasteiger partial charge in [-0.15, -0.1) is 0 Å². The van der Waals surface area contributed by atoms with Crippen molar-refractivity contribution >= 4 is 16.7 Å². The molecule has 1 aliphatic rings. The van der Waals surface area contributed by atoms with Crippen LogP contribution in [0.25, 0.3) is 10.9 Å². The van der Waals surface area contributed by atoms with E-state index in [1.54, 1.807) is 12.3 Å². The van der Waals surface area contributed by atoms with E-state index in [2.05, 4.69) is 4.98 Å². The van der Waals surface area contributed by atoms with Crippen LogP contribution in [0.4, 0.5) is 0 Å². The normalized spacial score (nSPS) is 23.4. The summed E-state index contributed by atoms with van der Waals surface area (Å²) in [4.78, 5) is 16.6. The van der Waals surface area contributed by atoms with Crippen LogP contribution in [0.15, 0.2) is 36.5 Å². The molecule has 0 radical (unpaired) electrons. The zero-order valence-electron chi connectivity index (χ0n) is 9.93. The molecule has 1 aromatic heterocycles. The van der Waals surface area contributed by atoms with Gasteiger partial charge in [0.15, 0.2) is 5.78 Å². The summed E-state index contributed by atoms with van der Waals surface area (Å²) < 4.78 is 5.23. The number of fused-ring (bicyclic) bond motifs is 1. The highest BCUT2D eigenvalue weighted by atomic mass is 16.5. The molecule has 18 heavy (non-hydrogen) atoms. The Morgan fingerprint density at radius 2 is 2.28 bits per heavy atom. The number of carbonyl (C=O) groups excluding carboxylic acids is 1. The highest BCUT2D eigenvalue weighted by Crippen LogP contribution is 2.23. The number of Topliss-reactive ketones (excluding diaryl/α,β-unsaturated/α-hetero) is 1. The second kappa shape index (κ2) is 4.15.